The first kappa shape index (κ1) is 30.1. The molecule has 0 fully saturated rings. The van der Waals surface area contributed by atoms with E-state index in [0.29, 0.717) is 5.75 Å². The minimum atomic E-state index is -1.86. The summed E-state index contributed by atoms with van der Waals surface area (Å²) >= 11 is 0. The fourth-order valence-corrected chi connectivity index (χ4v) is 4.90. The Labute approximate surface area is 206 Å². The van der Waals surface area contributed by atoms with Gasteiger partial charge in [0.05, 0.1) is 6.10 Å². The van der Waals surface area contributed by atoms with Gasteiger partial charge in [0, 0.05) is 0 Å². The number of allylic oxidation sites excluding steroid dienone is 2. The molecule has 2 unspecified atom stereocenters. The summed E-state index contributed by atoms with van der Waals surface area (Å²) in [6, 6.07) is 9.42. The number of hydrogen-bond donors (Lipinski definition) is 1. The molecule has 2 atom stereocenters. The van der Waals surface area contributed by atoms with E-state index in [2.05, 4.69) is 26.0 Å². The third-order valence-electron chi connectivity index (χ3n) is 6.06. The lowest BCUT2D eigenvalue weighted by atomic mass is 10.0. The average Bonchev–Trinajstić information content (AvgIpc) is 2.81. The van der Waals surface area contributed by atoms with Crippen LogP contribution in [0.3, 0.4) is 0 Å². The smallest absolute Gasteiger partial charge is 0.394 e. The molecular weight excluding hydrogens is 427 g/mol. The predicted molar refractivity (Wildman–Crippen MR) is 145 cm³/mol. The van der Waals surface area contributed by atoms with Crippen molar-refractivity contribution in [1.82, 2.24) is 0 Å². The molecule has 0 spiro atoms. The molecule has 0 saturated heterocycles. The summed E-state index contributed by atoms with van der Waals surface area (Å²) in [5.41, 5.74) is 0. The predicted octanol–water partition coefficient (Wildman–Crippen LogP) is 10.3. The molecule has 0 saturated carbocycles. The van der Waals surface area contributed by atoms with Crippen LogP contribution >= 0.6 is 8.60 Å². The molecule has 0 aromatic heterocycles. The lowest BCUT2D eigenvalue weighted by Crippen LogP contribution is -2.11. The Morgan fingerprint density at radius 2 is 1.24 bits per heavy atom. The van der Waals surface area contributed by atoms with Gasteiger partial charge in [-0.15, -0.1) is 0 Å². The molecular formula is C29H51O3P. The number of benzene rings is 1. The van der Waals surface area contributed by atoms with E-state index >= 15 is 0 Å². The number of unbranched alkanes of at least 4 members (excludes halogenated alkanes) is 13. The summed E-state index contributed by atoms with van der Waals surface area (Å²) in [6.45, 7) is 4.44. The van der Waals surface area contributed by atoms with Crippen LogP contribution in [-0.2, 0) is 4.52 Å². The van der Waals surface area contributed by atoms with E-state index in [1.54, 1.807) is 0 Å². The summed E-state index contributed by atoms with van der Waals surface area (Å²) in [5.74, 6) is 0.662. The van der Waals surface area contributed by atoms with Crippen molar-refractivity contribution in [3.8, 4) is 5.75 Å². The highest BCUT2D eigenvalue weighted by Crippen LogP contribution is 2.38. The van der Waals surface area contributed by atoms with Crippen molar-refractivity contribution in [2.75, 3.05) is 0 Å². The van der Waals surface area contributed by atoms with Crippen LogP contribution in [0.15, 0.2) is 42.5 Å². The first-order chi connectivity index (χ1) is 16.3. The molecule has 0 aliphatic rings. The van der Waals surface area contributed by atoms with Crippen molar-refractivity contribution in [2.45, 2.75) is 136 Å². The van der Waals surface area contributed by atoms with Crippen molar-refractivity contribution in [3.05, 3.63) is 42.5 Å². The van der Waals surface area contributed by atoms with Gasteiger partial charge in [-0.05, 0) is 50.7 Å². The average molecular weight is 479 g/mol. The Hall–Kier alpha value is -0.890. The van der Waals surface area contributed by atoms with Gasteiger partial charge >= 0.3 is 8.60 Å². The first-order valence-electron chi connectivity index (χ1n) is 13.8. The lowest BCUT2D eigenvalue weighted by molar-refractivity contribution is 0.153. The minimum Gasteiger partial charge on any atom is -0.427 e. The van der Waals surface area contributed by atoms with E-state index in [9.17, 15) is 4.89 Å². The topological polar surface area (TPSA) is 38.7 Å². The zero-order valence-electron chi connectivity index (χ0n) is 21.6. The number of rotatable bonds is 23. The fraction of sp³-hybridized carbons (Fsp3) is 0.724. The summed E-state index contributed by atoms with van der Waals surface area (Å²) in [7, 11) is -1.86. The molecule has 0 aliphatic carbocycles. The molecule has 33 heavy (non-hydrogen) atoms. The minimum absolute atomic E-state index is 0.0953. The maximum Gasteiger partial charge on any atom is 0.394 e. The van der Waals surface area contributed by atoms with Gasteiger partial charge < -0.3 is 9.42 Å². The van der Waals surface area contributed by atoms with Gasteiger partial charge in [0.1, 0.15) is 5.75 Å². The molecule has 0 aliphatic heterocycles. The summed E-state index contributed by atoms with van der Waals surface area (Å²) < 4.78 is 11.3. The Morgan fingerprint density at radius 3 is 1.82 bits per heavy atom. The van der Waals surface area contributed by atoms with Crippen molar-refractivity contribution in [3.63, 3.8) is 0 Å². The van der Waals surface area contributed by atoms with Crippen LogP contribution in [-0.4, -0.2) is 11.0 Å². The molecule has 0 bridgehead atoms. The number of para-hydroxylation sites is 1. The quantitative estimate of drug-likeness (QED) is 0.0965. The van der Waals surface area contributed by atoms with Gasteiger partial charge in [-0.25, -0.2) is 0 Å². The normalized spacial score (nSPS) is 13.4. The molecule has 1 aromatic carbocycles. The van der Waals surface area contributed by atoms with E-state index in [0.717, 1.165) is 19.3 Å². The standard InChI is InChI=1S/C29H51O3P/c1-3-5-6-7-8-9-10-11-12-13-14-15-16-17-18-19-21-25-28(24-4-2)31-33(30)32-29-26-22-20-23-27-29/h11-12,20,22-23,26-28,30H,3-10,13-19,21,24-25H2,1-2H3/b12-11-. The van der Waals surface area contributed by atoms with Gasteiger partial charge in [0.2, 0.25) is 0 Å². The molecule has 0 amide bonds. The third-order valence-corrected chi connectivity index (χ3v) is 6.91. The van der Waals surface area contributed by atoms with Crippen LogP contribution in [0.1, 0.15) is 129 Å². The zero-order valence-corrected chi connectivity index (χ0v) is 22.5. The molecule has 0 heterocycles. The summed E-state index contributed by atoms with van der Waals surface area (Å²) in [4.78, 5) is 10.2. The molecule has 3 nitrogen and oxygen atoms in total. The largest absolute Gasteiger partial charge is 0.427 e. The van der Waals surface area contributed by atoms with Gasteiger partial charge in [-0.1, -0.05) is 121 Å². The van der Waals surface area contributed by atoms with Crippen molar-refractivity contribution < 1.29 is 13.9 Å². The van der Waals surface area contributed by atoms with Gasteiger partial charge in [0.25, 0.3) is 0 Å². The number of hydrogen-bond acceptors (Lipinski definition) is 3. The van der Waals surface area contributed by atoms with Crippen molar-refractivity contribution in [1.29, 1.82) is 0 Å². The highest BCUT2D eigenvalue weighted by Gasteiger charge is 2.17. The van der Waals surface area contributed by atoms with Crippen LogP contribution in [0.5, 0.6) is 5.75 Å². The van der Waals surface area contributed by atoms with Crippen LogP contribution in [0, 0.1) is 0 Å². The molecule has 1 aromatic rings. The van der Waals surface area contributed by atoms with E-state index in [1.165, 1.54) is 96.3 Å². The second-order valence-corrected chi connectivity index (χ2v) is 10.1. The third kappa shape index (κ3) is 19.1. The molecule has 4 heteroatoms. The van der Waals surface area contributed by atoms with E-state index in [1.807, 2.05) is 30.3 Å². The van der Waals surface area contributed by atoms with Crippen LogP contribution < -0.4 is 4.52 Å². The van der Waals surface area contributed by atoms with Gasteiger partial charge in [0.15, 0.2) is 0 Å². The molecule has 1 N–H and O–H groups in total. The highest BCUT2D eigenvalue weighted by molar-refractivity contribution is 7.41. The lowest BCUT2D eigenvalue weighted by Gasteiger charge is -2.20. The molecule has 0 radical (unpaired) electrons. The van der Waals surface area contributed by atoms with Crippen LogP contribution in [0.2, 0.25) is 0 Å². The zero-order chi connectivity index (χ0) is 23.8. The second-order valence-electron chi connectivity index (χ2n) is 9.24. The van der Waals surface area contributed by atoms with Gasteiger partial charge in [-0.3, -0.25) is 4.52 Å². The maximum absolute atomic E-state index is 10.2. The highest BCUT2D eigenvalue weighted by atomic mass is 31.2. The Balaban J connectivity index is 1.94. The second kappa shape index (κ2) is 22.9. The van der Waals surface area contributed by atoms with Crippen LogP contribution in [0.25, 0.3) is 0 Å². The Kier molecular flexibility index (Phi) is 20.9. The molecule has 1 rings (SSSR count). The fourth-order valence-electron chi connectivity index (χ4n) is 4.09. The van der Waals surface area contributed by atoms with Crippen LogP contribution in [0.4, 0.5) is 0 Å². The summed E-state index contributed by atoms with van der Waals surface area (Å²) in [6.07, 6.45) is 27.9. The van der Waals surface area contributed by atoms with Crippen molar-refractivity contribution >= 4 is 8.60 Å². The van der Waals surface area contributed by atoms with E-state index in [4.69, 9.17) is 9.05 Å². The monoisotopic (exact) mass is 478 g/mol. The Morgan fingerprint density at radius 1 is 0.697 bits per heavy atom. The first-order valence-corrected chi connectivity index (χ1v) is 14.9. The van der Waals surface area contributed by atoms with E-state index < -0.39 is 8.60 Å². The summed E-state index contributed by atoms with van der Waals surface area (Å²) in [5, 5.41) is 0. The Bertz CT molecular complexity index is 549. The van der Waals surface area contributed by atoms with E-state index in [-0.39, 0.29) is 6.10 Å². The SMILES string of the molecule is CCCCCCCC/C=C\CCCCCCCCCC(CCC)OP(O)Oc1ccccc1. The maximum atomic E-state index is 10.2. The van der Waals surface area contributed by atoms with Gasteiger partial charge in [-0.2, -0.15) is 0 Å². The molecule has 190 valence electrons. The van der Waals surface area contributed by atoms with Crippen molar-refractivity contribution in [2.24, 2.45) is 0 Å².